The Morgan fingerprint density at radius 1 is 0.884 bits per heavy atom. The van der Waals surface area contributed by atoms with Gasteiger partial charge in [0, 0.05) is 19.2 Å². The summed E-state index contributed by atoms with van der Waals surface area (Å²) in [6, 6.07) is 22.1. The molecule has 2 unspecified atom stereocenters. The first-order valence-corrected chi connectivity index (χ1v) is 13.9. The Morgan fingerprint density at radius 2 is 1.56 bits per heavy atom. The van der Waals surface area contributed by atoms with E-state index in [1.54, 1.807) is 58.0 Å². The first kappa shape index (κ1) is 30.9. The van der Waals surface area contributed by atoms with Gasteiger partial charge in [0.2, 0.25) is 5.91 Å². The number of nitrogens with one attached hydrogen (secondary N) is 2. The van der Waals surface area contributed by atoms with Crippen LogP contribution < -0.4 is 10.6 Å². The van der Waals surface area contributed by atoms with Crippen LogP contribution in [0.4, 0.5) is 10.5 Å². The fourth-order valence-corrected chi connectivity index (χ4v) is 4.77. The lowest BCUT2D eigenvalue weighted by Gasteiger charge is -2.32. The van der Waals surface area contributed by atoms with E-state index in [1.807, 2.05) is 36.4 Å². The lowest BCUT2D eigenvalue weighted by atomic mass is 9.99. The molecule has 4 N–H and O–H groups in total. The van der Waals surface area contributed by atoms with E-state index < -0.39 is 35.6 Å². The summed E-state index contributed by atoms with van der Waals surface area (Å²) in [5.41, 5.74) is 1.45. The molecule has 0 spiro atoms. The van der Waals surface area contributed by atoms with Crippen LogP contribution in [0.5, 0.6) is 11.5 Å². The lowest BCUT2D eigenvalue weighted by molar-refractivity contribution is -0.139. The van der Waals surface area contributed by atoms with Gasteiger partial charge in [-0.05, 0) is 91.6 Å². The predicted octanol–water partition coefficient (Wildman–Crippen LogP) is 5.83. The monoisotopic (exact) mass is 583 g/mol. The number of carbonyl (C=O) groups is 3. The molecule has 0 saturated heterocycles. The van der Waals surface area contributed by atoms with Crippen LogP contribution in [0.2, 0.25) is 0 Å². The van der Waals surface area contributed by atoms with Gasteiger partial charge < -0.3 is 30.5 Å². The molecule has 0 radical (unpaired) electrons. The van der Waals surface area contributed by atoms with Gasteiger partial charge in [0.25, 0.3) is 5.91 Å². The highest BCUT2D eigenvalue weighted by Crippen LogP contribution is 2.28. The number of amides is 3. The van der Waals surface area contributed by atoms with E-state index in [9.17, 15) is 24.6 Å². The zero-order valence-corrected chi connectivity index (χ0v) is 24.9. The molecule has 0 aromatic heterocycles. The van der Waals surface area contributed by atoms with E-state index in [2.05, 4.69) is 10.6 Å². The molecule has 0 bridgehead atoms. The molecule has 43 heavy (non-hydrogen) atoms. The summed E-state index contributed by atoms with van der Waals surface area (Å²) in [5, 5.41) is 27.4. The van der Waals surface area contributed by atoms with Gasteiger partial charge in [-0.3, -0.25) is 9.59 Å². The summed E-state index contributed by atoms with van der Waals surface area (Å²) in [4.78, 5) is 42.1. The van der Waals surface area contributed by atoms with Crippen LogP contribution in [0.25, 0.3) is 10.8 Å². The van der Waals surface area contributed by atoms with Crippen molar-refractivity contribution >= 4 is 34.4 Å². The molecule has 4 rings (SSSR count). The molecule has 0 saturated carbocycles. The first-order chi connectivity index (χ1) is 20.3. The number of aryl methyl sites for hydroxylation is 1. The standard InChI is InChI=1S/C34H37N3O6/c1-21-18-25(13-17-29(21)39)30(31(40)35-26-14-12-23-8-6-7-9-24(23)20-26)37(5)32(41)28(36-33(42)43-34(2,3)4)19-22-10-15-27(38)16-11-22/h6-18,20,28,30,38-39H,19H2,1-5H3,(H,35,40)(H,36,42). The Balaban J connectivity index is 1.68. The van der Waals surface area contributed by atoms with Gasteiger partial charge >= 0.3 is 6.09 Å². The Bertz CT molecular complexity index is 1630. The first-order valence-electron chi connectivity index (χ1n) is 13.9. The van der Waals surface area contributed by atoms with Crippen LogP contribution in [0.3, 0.4) is 0 Å². The largest absolute Gasteiger partial charge is 0.508 e. The Kier molecular flexibility index (Phi) is 9.24. The van der Waals surface area contributed by atoms with Crippen LogP contribution in [-0.4, -0.2) is 51.7 Å². The second-order valence-electron chi connectivity index (χ2n) is 11.5. The summed E-state index contributed by atoms with van der Waals surface area (Å²) in [7, 11) is 1.50. The lowest BCUT2D eigenvalue weighted by Crippen LogP contribution is -2.52. The molecular weight excluding hydrogens is 546 g/mol. The predicted molar refractivity (Wildman–Crippen MR) is 166 cm³/mol. The molecule has 9 heteroatoms. The van der Waals surface area contributed by atoms with Gasteiger partial charge in [-0.15, -0.1) is 0 Å². The summed E-state index contributed by atoms with van der Waals surface area (Å²) in [6.45, 7) is 6.86. The zero-order chi connectivity index (χ0) is 31.3. The quantitative estimate of drug-likeness (QED) is 0.207. The molecule has 0 heterocycles. The minimum absolute atomic E-state index is 0.0585. The highest BCUT2D eigenvalue weighted by Gasteiger charge is 2.34. The number of benzene rings is 4. The number of likely N-dealkylation sites (N-methyl/N-ethyl adjacent to an activating group) is 1. The maximum Gasteiger partial charge on any atom is 0.408 e. The van der Waals surface area contributed by atoms with Gasteiger partial charge in [0.1, 0.15) is 29.2 Å². The summed E-state index contributed by atoms with van der Waals surface area (Å²) >= 11 is 0. The molecule has 0 aliphatic heterocycles. The Hall–Kier alpha value is -5.05. The van der Waals surface area contributed by atoms with Gasteiger partial charge in [0.15, 0.2) is 0 Å². The number of fused-ring (bicyclic) bond motifs is 1. The highest BCUT2D eigenvalue weighted by atomic mass is 16.6. The van der Waals surface area contributed by atoms with Crippen molar-refractivity contribution in [3.05, 3.63) is 102 Å². The SMILES string of the molecule is Cc1cc(C(C(=O)Nc2ccc3ccccc3c2)N(C)C(=O)C(Cc2ccc(O)cc2)NC(=O)OC(C)(C)C)ccc1O. The summed E-state index contributed by atoms with van der Waals surface area (Å²) in [6.07, 6.45) is -0.702. The maximum atomic E-state index is 14.1. The van der Waals surface area contributed by atoms with Gasteiger partial charge in [-0.25, -0.2) is 4.79 Å². The third kappa shape index (κ3) is 8.03. The van der Waals surface area contributed by atoms with Crippen LogP contribution in [-0.2, 0) is 20.7 Å². The number of hydrogen-bond acceptors (Lipinski definition) is 6. The average molecular weight is 584 g/mol. The molecule has 224 valence electrons. The number of anilines is 1. The number of nitrogens with zero attached hydrogens (tertiary/aromatic N) is 1. The number of aromatic hydroxyl groups is 2. The molecule has 2 atom stereocenters. The molecule has 4 aromatic rings. The fourth-order valence-electron chi connectivity index (χ4n) is 4.77. The number of alkyl carbamates (subject to hydrolysis) is 1. The third-order valence-corrected chi connectivity index (χ3v) is 6.90. The number of phenols is 2. The molecule has 0 fully saturated rings. The number of phenolic OH excluding ortho intramolecular Hbond substituents is 2. The van der Waals surface area contributed by atoms with E-state index in [0.717, 1.165) is 10.8 Å². The minimum atomic E-state index is -1.11. The summed E-state index contributed by atoms with van der Waals surface area (Å²) < 4.78 is 5.42. The fraction of sp³-hybridized carbons (Fsp3) is 0.265. The molecule has 0 aliphatic carbocycles. The third-order valence-electron chi connectivity index (χ3n) is 6.90. The molecule has 3 amide bonds. The van der Waals surface area contributed by atoms with Crippen molar-refractivity contribution in [1.82, 2.24) is 10.2 Å². The van der Waals surface area contributed by atoms with Crippen LogP contribution in [0.1, 0.15) is 43.5 Å². The van der Waals surface area contributed by atoms with Crippen LogP contribution in [0, 0.1) is 6.92 Å². The van der Waals surface area contributed by atoms with E-state index in [1.165, 1.54) is 30.1 Å². The van der Waals surface area contributed by atoms with Gasteiger partial charge in [0.05, 0.1) is 0 Å². The summed E-state index contributed by atoms with van der Waals surface area (Å²) in [5.74, 6) is -0.889. The Morgan fingerprint density at radius 3 is 2.21 bits per heavy atom. The van der Waals surface area contributed by atoms with Crippen molar-refractivity contribution in [2.75, 3.05) is 12.4 Å². The molecule has 4 aromatic carbocycles. The van der Waals surface area contributed by atoms with Crippen molar-refractivity contribution in [2.24, 2.45) is 0 Å². The van der Waals surface area contributed by atoms with Crippen molar-refractivity contribution in [3.8, 4) is 11.5 Å². The van der Waals surface area contributed by atoms with Crippen molar-refractivity contribution < 1.29 is 29.3 Å². The number of ether oxygens (including phenoxy) is 1. The van der Waals surface area contributed by atoms with Crippen LogP contribution >= 0.6 is 0 Å². The molecular formula is C34H37N3O6. The van der Waals surface area contributed by atoms with Crippen LogP contribution in [0.15, 0.2) is 84.9 Å². The van der Waals surface area contributed by atoms with E-state index in [-0.39, 0.29) is 17.9 Å². The Labute approximate surface area is 251 Å². The van der Waals surface area contributed by atoms with Crippen molar-refractivity contribution in [3.63, 3.8) is 0 Å². The number of carbonyl (C=O) groups excluding carboxylic acids is 3. The zero-order valence-electron chi connectivity index (χ0n) is 24.9. The number of rotatable bonds is 8. The average Bonchev–Trinajstić information content (AvgIpc) is 2.94. The van der Waals surface area contributed by atoms with Crippen molar-refractivity contribution in [2.45, 2.75) is 51.8 Å². The smallest absolute Gasteiger partial charge is 0.408 e. The maximum absolute atomic E-state index is 14.1. The second kappa shape index (κ2) is 12.9. The molecule has 9 nitrogen and oxygen atoms in total. The highest BCUT2D eigenvalue weighted by molar-refractivity contribution is 6.00. The number of hydrogen-bond donors (Lipinski definition) is 4. The van der Waals surface area contributed by atoms with Gasteiger partial charge in [-0.1, -0.05) is 48.5 Å². The second-order valence-corrected chi connectivity index (χ2v) is 11.5. The molecule has 0 aliphatic rings. The van der Waals surface area contributed by atoms with E-state index >= 15 is 0 Å². The van der Waals surface area contributed by atoms with E-state index in [0.29, 0.717) is 22.4 Å². The minimum Gasteiger partial charge on any atom is -0.508 e. The normalized spacial score (nSPS) is 12.7. The van der Waals surface area contributed by atoms with Crippen molar-refractivity contribution in [1.29, 1.82) is 0 Å². The van der Waals surface area contributed by atoms with Gasteiger partial charge in [-0.2, -0.15) is 0 Å². The topological polar surface area (TPSA) is 128 Å². The van der Waals surface area contributed by atoms with E-state index in [4.69, 9.17) is 4.74 Å².